The number of aromatic nitrogens is 2. The average Bonchev–Trinajstić information content (AvgIpc) is 3.41. The fourth-order valence-electron chi connectivity index (χ4n) is 4.63. The first-order valence-electron chi connectivity index (χ1n) is 14.3. The summed E-state index contributed by atoms with van der Waals surface area (Å²) in [5, 5.41) is 0.750. The van der Waals surface area contributed by atoms with Crippen LogP contribution in [0.3, 0.4) is 0 Å². The zero-order chi connectivity index (χ0) is 28.5. The molecule has 1 heterocycles. The first-order valence-corrected chi connectivity index (χ1v) is 14.7. The summed E-state index contributed by atoms with van der Waals surface area (Å²) in [6.45, 7) is 15.5. The molecule has 40 heavy (non-hydrogen) atoms. The molecule has 4 rings (SSSR count). The van der Waals surface area contributed by atoms with Crippen LogP contribution in [0, 0.1) is 0 Å². The van der Waals surface area contributed by atoms with Crippen molar-refractivity contribution in [2.75, 3.05) is 32.8 Å². The van der Waals surface area contributed by atoms with E-state index in [2.05, 4.69) is 86.7 Å². The van der Waals surface area contributed by atoms with Gasteiger partial charge in [0, 0.05) is 40.9 Å². The summed E-state index contributed by atoms with van der Waals surface area (Å²) in [5.41, 5.74) is 4.15. The lowest BCUT2D eigenvalue weighted by atomic mass is 9.95. The molecule has 0 atom stereocenters. The van der Waals surface area contributed by atoms with E-state index in [1.165, 1.54) is 5.56 Å². The lowest BCUT2D eigenvalue weighted by Gasteiger charge is -2.20. The summed E-state index contributed by atoms with van der Waals surface area (Å²) < 4.78 is 14.2. The normalized spacial score (nSPS) is 11.7. The maximum atomic E-state index is 6.01. The van der Waals surface area contributed by atoms with Crippen LogP contribution in [0.1, 0.15) is 52.4 Å². The van der Waals surface area contributed by atoms with Crippen LogP contribution in [0.2, 0.25) is 5.02 Å². The summed E-state index contributed by atoms with van der Waals surface area (Å²) in [5.74, 6) is 2.76. The van der Waals surface area contributed by atoms with Gasteiger partial charge in [-0.3, -0.25) is 0 Å². The van der Waals surface area contributed by atoms with Gasteiger partial charge in [-0.1, -0.05) is 58.4 Å². The van der Waals surface area contributed by atoms with Gasteiger partial charge in [-0.15, -0.1) is 0 Å². The molecule has 0 aliphatic rings. The minimum absolute atomic E-state index is 0.122. The first kappa shape index (κ1) is 29.7. The van der Waals surface area contributed by atoms with E-state index in [0.717, 1.165) is 78.4 Å². The minimum Gasteiger partial charge on any atom is -0.494 e. The highest BCUT2D eigenvalue weighted by atomic mass is 35.5. The van der Waals surface area contributed by atoms with E-state index in [9.17, 15) is 0 Å². The van der Waals surface area contributed by atoms with Crippen molar-refractivity contribution in [2.45, 2.75) is 52.9 Å². The molecule has 0 saturated carbocycles. The lowest BCUT2D eigenvalue weighted by molar-refractivity contribution is 0.249. The molecule has 0 unspecified atom stereocenters. The van der Waals surface area contributed by atoms with Crippen molar-refractivity contribution in [3.05, 3.63) is 95.4 Å². The van der Waals surface area contributed by atoms with Gasteiger partial charge in [0.15, 0.2) is 0 Å². The molecule has 0 radical (unpaired) electrons. The molecule has 0 spiro atoms. The Kier molecular flexibility index (Phi) is 10.3. The van der Waals surface area contributed by atoms with Crippen molar-refractivity contribution in [1.82, 2.24) is 14.5 Å². The van der Waals surface area contributed by atoms with Crippen LogP contribution in [-0.4, -0.2) is 47.3 Å². The number of hydrogen-bond acceptors (Lipinski definition) is 4. The van der Waals surface area contributed by atoms with Crippen LogP contribution < -0.4 is 9.47 Å². The Hall–Kier alpha value is -3.28. The molecule has 3 aromatic carbocycles. The number of ether oxygens (including phenoxy) is 2. The van der Waals surface area contributed by atoms with Gasteiger partial charge in [0.2, 0.25) is 0 Å². The number of rotatable bonds is 13. The van der Waals surface area contributed by atoms with Gasteiger partial charge in [-0.25, -0.2) is 4.98 Å². The molecule has 212 valence electrons. The Bertz CT molecular complexity index is 1320. The largest absolute Gasteiger partial charge is 0.494 e. The number of nitrogens with zero attached hydrogens (tertiary/aromatic N) is 3. The standard InChI is InChI=1S/C34H42ClN3O2/c1-6-37(7-2)22-8-23-39-31-19-15-29(16-20-31)38-25-32(36-33(38)34(3,4)5)27-11-17-30(18-12-27)40-24-21-26-9-13-28(35)14-10-26/h9-20,25H,6-8,21-24H2,1-5H3. The van der Waals surface area contributed by atoms with Crippen molar-refractivity contribution >= 4 is 11.6 Å². The van der Waals surface area contributed by atoms with Crippen LogP contribution in [0.5, 0.6) is 11.5 Å². The summed E-state index contributed by atoms with van der Waals surface area (Å²) in [6.07, 6.45) is 3.98. The van der Waals surface area contributed by atoms with Gasteiger partial charge in [0.05, 0.1) is 18.9 Å². The van der Waals surface area contributed by atoms with Crippen LogP contribution in [0.4, 0.5) is 0 Å². The second kappa shape index (κ2) is 13.9. The van der Waals surface area contributed by atoms with E-state index in [0.29, 0.717) is 6.61 Å². The van der Waals surface area contributed by atoms with Crippen molar-refractivity contribution < 1.29 is 9.47 Å². The maximum Gasteiger partial charge on any atom is 0.119 e. The zero-order valence-electron chi connectivity index (χ0n) is 24.5. The Balaban J connectivity index is 1.41. The molecule has 0 aliphatic carbocycles. The zero-order valence-corrected chi connectivity index (χ0v) is 25.2. The third-order valence-electron chi connectivity index (χ3n) is 7.00. The predicted molar refractivity (Wildman–Crippen MR) is 166 cm³/mol. The summed E-state index contributed by atoms with van der Waals surface area (Å²) in [4.78, 5) is 7.48. The number of imidazole rings is 1. The fraction of sp³-hybridized carbons (Fsp3) is 0.382. The van der Waals surface area contributed by atoms with Crippen LogP contribution in [0.25, 0.3) is 16.9 Å². The molecule has 0 amide bonds. The van der Waals surface area contributed by atoms with Crippen LogP contribution in [0.15, 0.2) is 79.0 Å². The van der Waals surface area contributed by atoms with E-state index in [4.69, 9.17) is 26.1 Å². The third-order valence-corrected chi connectivity index (χ3v) is 7.25. The molecule has 1 aromatic heterocycles. The number of benzene rings is 3. The van der Waals surface area contributed by atoms with E-state index in [1.807, 2.05) is 36.4 Å². The minimum atomic E-state index is -0.122. The average molecular weight is 560 g/mol. The Morgan fingerprint density at radius 3 is 2.00 bits per heavy atom. The van der Waals surface area contributed by atoms with Crippen LogP contribution >= 0.6 is 11.6 Å². The second-order valence-electron chi connectivity index (χ2n) is 11.0. The molecule has 4 aromatic rings. The predicted octanol–water partition coefficient (Wildman–Crippen LogP) is 8.22. The van der Waals surface area contributed by atoms with Crippen molar-refractivity contribution in [3.63, 3.8) is 0 Å². The summed E-state index contributed by atoms with van der Waals surface area (Å²) >= 11 is 5.98. The first-order chi connectivity index (χ1) is 19.3. The van der Waals surface area contributed by atoms with E-state index < -0.39 is 0 Å². The summed E-state index contributed by atoms with van der Waals surface area (Å²) in [7, 11) is 0. The van der Waals surface area contributed by atoms with E-state index in [-0.39, 0.29) is 5.41 Å². The quantitative estimate of drug-likeness (QED) is 0.155. The monoisotopic (exact) mass is 559 g/mol. The van der Waals surface area contributed by atoms with Gasteiger partial charge in [-0.2, -0.15) is 0 Å². The topological polar surface area (TPSA) is 39.5 Å². The Morgan fingerprint density at radius 2 is 1.40 bits per heavy atom. The Labute approximate surface area is 244 Å². The summed E-state index contributed by atoms with van der Waals surface area (Å²) in [6, 6.07) is 24.4. The van der Waals surface area contributed by atoms with Crippen molar-refractivity contribution in [3.8, 4) is 28.4 Å². The molecule has 5 nitrogen and oxygen atoms in total. The lowest BCUT2D eigenvalue weighted by Crippen LogP contribution is -2.25. The molecule has 6 heteroatoms. The second-order valence-corrected chi connectivity index (χ2v) is 11.5. The maximum absolute atomic E-state index is 6.01. The van der Waals surface area contributed by atoms with Crippen LogP contribution in [-0.2, 0) is 11.8 Å². The van der Waals surface area contributed by atoms with Gasteiger partial charge in [-0.05, 0) is 85.7 Å². The smallest absolute Gasteiger partial charge is 0.119 e. The highest BCUT2D eigenvalue weighted by Gasteiger charge is 2.23. The Morgan fingerprint density at radius 1 is 0.800 bits per heavy atom. The van der Waals surface area contributed by atoms with Gasteiger partial charge in [0.1, 0.15) is 17.3 Å². The molecular formula is C34H42ClN3O2. The molecule has 0 bridgehead atoms. The van der Waals surface area contributed by atoms with Crippen molar-refractivity contribution in [1.29, 1.82) is 0 Å². The molecular weight excluding hydrogens is 518 g/mol. The third kappa shape index (κ3) is 8.12. The van der Waals surface area contributed by atoms with Gasteiger partial charge < -0.3 is 18.9 Å². The number of halogens is 1. The molecule has 0 N–H and O–H groups in total. The SMILES string of the molecule is CCN(CC)CCCOc1ccc(-n2cc(-c3ccc(OCCc4ccc(Cl)cc4)cc3)nc2C(C)(C)C)cc1. The fourth-order valence-corrected chi connectivity index (χ4v) is 4.75. The van der Waals surface area contributed by atoms with E-state index >= 15 is 0 Å². The number of hydrogen-bond donors (Lipinski definition) is 0. The highest BCUT2D eigenvalue weighted by molar-refractivity contribution is 6.30. The molecule has 0 aliphatic heterocycles. The van der Waals surface area contributed by atoms with Gasteiger partial charge in [0.25, 0.3) is 0 Å². The van der Waals surface area contributed by atoms with Crippen molar-refractivity contribution in [2.24, 2.45) is 0 Å². The van der Waals surface area contributed by atoms with Gasteiger partial charge >= 0.3 is 0 Å². The molecule has 0 saturated heterocycles. The molecule has 0 fully saturated rings. The highest BCUT2D eigenvalue weighted by Crippen LogP contribution is 2.30. The van der Waals surface area contributed by atoms with E-state index in [1.54, 1.807) is 0 Å².